The van der Waals surface area contributed by atoms with Crippen LogP contribution in [0.25, 0.3) is 31.7 Å². The van der Waals surface area contributed by atoms with Gasteiger partial charge in [0.2, 0.25) is 5.91 Å². The van der Waals surface area contributed by atoms with Crippen molar-refractivity contribution in [2.45, 2.75) is 26.0 Å². The molecule has 0 bridgehead atoms. The second kappa shape index (κ2) is 11.7. The highest BCUT2D eigenvalue weighted by Gasteiger charge is 2.24. The average molecular weight is 561 g/mol. The van der Waals surface area contributed by atoms with Crippen molar-refractivity contribution in [2.75, 3.05) is 5.32 Å². The minimum Gasteiger partial charge on any atom is -0.445 e. The van der Waals surface area contributed by atoms with E-state index in [1.807, 2.05) is 91.1 Å². The first-order valence-electron chi connectivity index (χ1n) is 13.3. The molecule has 0 aliphatic rings. The molecule has 1 unspecified atom stereocenters. The van der Waals surface area contributed by atoms with Crippen LogP contribution in [0.5, 0.6) is 0 Å². The van der Waals surface area contributed by atoms with Gasteiger partial charge in [0.05, 0.1) is 10.2 Å². The quantitative estimate of drug-likeness (QED) is 0.183. The summed E-state index contributed by atoms with van der Waals surface area (Å²) in [5.41, 5.74) is 6.52. The molecule has 2 heterocycles. The van der Waals surface area contributed by atoms with Crippen LogP contribution < -0.4 is 10.6 Å². The Balaban J connectivity index is 1.18. The lowest BCUT2D eigenvalue weighted by molar-refractivity contribution is -0.118. The third-order valence-corrected chi connectivity index (χ3v) is 7.93. The van der Waals surface area contributed by atoms with Crippen molar-refractivity contribution in [2.24, 2.45) is 0 Å². The third kappa shape index (κ3) is 6.13. The number of ether oxygens (including phenoxy) is 1. The molecule has 2 amide bonds. The predicted molar refractivity (Wildman–Crippen MR) is 164 cm³/mol. The lowest BCUT2D eigenvalue weighted by atomic mass is 10.0. The van der Waals surface area contributed by atoms with Crippen LogP contribution in [0.15, 0.2) is 103 Å². The van der Waals surface area contributed by atoms with Crippen molar-refractivity contribution in [1.82, 2.24) is 15.3 Å². The minimum atomic E-state index is -0.857. The summed E-state index contributed by atoms with van der Waals surface area (Å²) in [6.07, 6.45) is 1.51. The molecular formula is C33H28N4O3S. The average Bonchev–Trinajstić information content (AvgIpc) is 3.60. The van der Waals surface area contributed by atoms with Gasteiger partial charge in [-0.3, -0.25) is 4.79 Å². The number of hydrogen-bond donors (Lipinski definition) is 3. The number of hydrogen-bond acceptors (Lipinski definition) is 5. The molecule has 6 rings (SSSR count). The van der Waals surface area contributed by atoms with Crippen molar-refractivity contribution in [3.8, 4) is 10.6 Å². The fourth-order valence-electron chi connectivity index (χ4n) is 4.72. The first-order chi connectivity index (χ1) is 20.0. The summed E-state index contributed by atoms with van der Waals surface area (Å²) in [5.74, 6) is -0.338. The standard InChI is InChI=1S/C33H28N4O3S/c1-21-11-16-28-30(17-21)41-32(36-28)23-12-14-25(15-13-23)35-31(38)29(18-24-19-34-27-10-6-5-9-26(24)27)37-33(39)40-20-22-7-3-2-4-8-22/h2-17,19,29,34H,18,20H2,1H3,(H,35,38)(H,37,39). The summed E-state index contributed by atoms with van der Waals surface area (Å²) < 4.78 is 6.56. The van der Waals surface area contributed by atoms with E-state index in [1.165, 1.54) is 5.56 Å². The number of aromatic nitrogens is 2. The number of carbonyl (C=O) groups excluding carboxylic acids is 2. The monoisotopic (exact) mass is 560 g/mol. The second-order valence-electron chi connectivity index (χ2n) is 9.88. The number of H-pyrrole nitrogens is 1. The fraction of sp³-hybridized carbons (Fsp3) is 0.121. The number of amides is 2. The number of nitrogens with one attached hydrogen (secondary N) is 3. The number of fused-ring (bicyclic) bond motifs is 2. The van der Waals surface area contributed by atoms with Gasteiger partial charge in [-0.25, -0.2) is 9.78 Å². The number of carbonyl (C=O) groups is 2. The van der Waals surface area contributed by atoms with Gasteiger partial charge in [-0.05, 0) is 66.1 Å². The second-order valence-corrected chi connectivity index (χ2v) is 10.9. The van der Waals surface area contributed by atoms with Gasteiger partial charge >= 0.3 is 6.09 Å². The molecule has 6 aromatic rings. The van der Waals surface area contributed by atoms with Crippen LogP contribution in [-0.2, 0) is 22.6 Å². The van der Waals surface area contributed by atoms with Crippen molar-refractivity contribution in [3.63, 3.8) is 0 Å². The van der Waals surface area contributed by atoms with E-state index in [1.54, 1.807) is 11.3 Å². The van der Waals surface area contributed by atoms with Crippen LogP contribution >= 0.6 is 11.3 Å². The van der Waals surface area contributed by atoms with Crippen LogP contribution in [0.4, 0.5) is 10.5 Å². The van der Waals surface area contributed by atoms with Crippen LogP contribution in [0, 0.1) is 6.92 Å². The number of nitrogens with zero attached hydrogens (tertiary/aromatic N) is 1. The first kappa shape index (κ1) is 26.3. The Morgan fingerprint density at radius 1 is 0.951 bits per heavy atom. The van der Waals surface area contributed by atoms with Crippen LogP contribution in [0.1, 0.15) is 16.7 Å². The normalized spacial score (nSPS) is 11.8. The number of thiazole rings is 1. The maximum atomic E-state index is 13.5. The summed E-state index contributed by atoms with van der Waals surface area (Å²) in [6, 6.07) is 30.2. The number of alkyl carbamates (subject to hydrolysis) is 1. The highest BCUT2D eigenvalue weighted by molar-refractivity contribution is 7.21. The van der Waals surface area contributed by atoms with Crippen LogP contribution in [0.3, 0.4) is 0 Å². The number of rotatable bonds is 8. The topological polar surface area (TPSA) is 96.1 Å². The first-order valence-corrected chi connectivity index (χ1v) is 14.1. The SMILES string of the molecule is Cc1ccc2nc(-c3ccc(NC(=O)C(Cc4c[nH]c5ccccc45)NC(=O)OCc4ccccc4)cc3)sc2c1. The smallest absolute Gasteiger partial charge is 0.408 e. The Bertz CT molecular complexity index is 1830. The Morgan fingerprint density at radius 3 is 2.56 bits per heavy atom. The molecule has 2 aromatic heterocycles. The van der Waals surface area contributed by atoms with Crippen molar-refractivity contribution in [1.29, 1.82) is 0 Å². The van der Waals surface area contributed by atoms with E-state index in [9.17, 15) is 9.59 Å². The molecule has 0 fully saturated rings. The fourth-order valence-corrected chi connectivity index (χ4v) is 5.79. The van der Waals surface area contributed by atoms with E-state index in [0.29, 0.717) is 12.1 Å². The molecule has 0 aliphatic carbocycles. The highest BCUT2D eigenvalue weighted by Crippen LogP contribution is 2.31. The highest BCUT2D eigenvalue weighted by atomic mass is 32.1. The molecule has 3 N–H and O–H groups in total. The predicted octanol–water partition coefficient (Wildman–Crippen LogP) is 7.23. The number of aryl methyl sites for hydroxylation is 1. The zero-order chi connectivity index (χ0) is 28.2. The molecule has 7 nitrogen and oxygen atoms in total. The summed E-state index contributed by atoms with van der Waals surface area (Å²) in [4.78, 5) is 34.2. The lowest BCUT2D eigenvalue weighted by Gasteiger charge is -2.18. The molecule has 4 aromatic carbocycles. The maximum Gasteiger partial charge on any atom is 0.408 e. The summed E-state index contributed by atoms with van der Waals surface area (Å²) >= 11 is 1.64. The van der Waals surface area contributed by atoms with E-state index < -0.39 is 12.1 Å². The molecule has 0 aliphatic heterocycles. The number of benzene rings is 4. The molecule has 0 spiro atoms. The molecule has 204 valence electrons. The number of para-hydroxylation sites is 1. The molecule has 8 heteroatoms. The molecule has 0 saturated heterocycles. The maximum absolute atomic E-state index is 13.5. The van der Waals surface area contributed by atoms with Gasteiger partial charge in [0, 0.05) is 34.8 Å². The van der Waals surface area contributed by atoms with Gasteiger partial charge in [0.15, 0.2) is 0 Å². The van der Waals surface area contributed by atoms with E-state index in [2.05, 4.69) is 34.7 Å². The largest absolute Gasteiger partial charge is 0.445 e. The minimum absolute atomic E-state index is 0.112. The summed E-state index contributed by atoms with van der Waals surface area (Å²) in [7, 11) is 0. The van der Waals surface area contributed by atoms with Gasteiger partial charge in [0.1, 0.15) is 17.7 Å². The Kier molecular flexibility index (Phi) is 7.47. The summed E-state index contributed by atoms with van der Waals surface area (Å²) in [6.45, 7) is 2.18. The van der Waals surface area contributed by atoms with Gasteiger partial charge in [-0.2, -0.15) is 0 Å². The zero-order valence-corrected chi connectivity index (χ0v) is 23.2. The van der Waals surface area contributed by atoms with E-state index in [4.69, 9.17) is 9.72 Å². The third-order valence-electron chi connectivity index (χ3n) is 6.86. The Hall–Kier alpha value is -4.95. The summed E-state index contributed by atoms with van der Waals surface area (Å²) in [5, 5.41) is 7.65. The zero-order valence-electron chi connectivity index (χ0n) is 22.4. The van der Waals surface area contributed by atoms with Crippen LogP contribution in [-0.4, -0.2) is 28.0 Å². The Labute approximate surface area is 241 Å². The van der Waals surface area contributed by atoms with E-state index >= 15 is 0 Å². The molecule has 1 atom stereocenters. The number of anilines is 1. The van der Waals surface area contributed by atoms with Crippen LogP contribution in [0.2, 0.25) is 0 Å². The van der Waals surface area contributed by atoms with E-state index in [0.717, 1.165) is 42.8 Å². The molecule has 0 saturated carbocycles. The van der Waals surface area contributed by atoms with Crippen molar-refractivity contribution < 1.29 is 14.3 Å². The lowest BCUT2D eigenvalue weighted by Crippen LogP contribution is -2.45. The van der Waals surface area contributed by atoms with E-state index in [-0.39, 0.29) is 12.5 Å². The van der Waals surface area contributed by atoms with Crippen molar-refractivity contribution in [3.05, 3.63) is 120 Å². The van der Waals surface area contributed by atoms with Gasteiger partial charge in [-0.1, -0.05) is 54.6 Å². The molecule has 0 radical (unpaired) electrons. The number of aromatic amines is 1. The molecular weight excluding hydrogens is 532 g/mol. The Morgan fingerprint density at radius 2 is 1.73 bits per heavy atom. The van der Waals surface area contributed by atoms with Crippen molar-refractivity contribution >= 4 is 50.1 Å². The van der Waals surface area contributed by atoms with Gasteiger partial charge < -0.3 is 20.4 Å². The van der Waals surface area contributed by atoms with Gasteiger partial charge in [-0.15, -0.1) is 11.3 Å². The van der Waals surface area contributed by atoms with Gasteiger partial charge in [0.25, 0.3) is 0 Å². The molecule has 41 heavy (non-hydrogen) atoms.